The summed E-state index contributed by atoms with van der Waals surface area (Å²) in [5.41, 5.74) is 0.814. The maximum Gasteiger partial charge on any atom is 0.191 e. The van der Waals surface area contributed by atoms with Crippen LogP contribution in [0.25, 0.3) is 0 Å². The Morgan fingerprint density at radius 2 is 1.80 bits per heavy atom. The number of nitrogens with zero attached hydrogens (tertiary/aromatic N) is 1. The van der Waals surface area contributed by atoms with Crippen molar-refractivity contribution in [1.29, 1.82) is 0 Å². The molecule has 2 N–H and O–H groups in total. The van der Waals surface area contributed by atoms with Gasteiger partial charge in [0.2, 0.25) is 0 Å². The van der Waals surface area contributed by atoms with Gasteiger partial charge in [-0.15, -0.1) is 0 Å². The Bertz CT molecular complexity index is 762. The van der Waals surface area contributed by atoms with Crippen LogP contribution in [0.5, 0.6) is 0 Å². The van der Waals surface area contributed by atoms with Gasteiger partial charge in [0.05, 0.1) is 6.04 Å². The first kappa shape index (κ1) is 18.8. The lowest BCUT2D eigenvalue weighted by Gasteiger charge is -2.18. The Hall–Kier alpha value is -2.57. The summed E-state index contributed by atoms with van der Waals surface area (Å²) in [4.78, 5) is 4.02. The second kappa shape index (κ2) is 8.50. The van der Waals surface area contributed by atoms with Crippen molar-refractivity contribution in [2.24, 2.45) is 4.99 Å². The zero-order chi connectivity index (χ0) is 18.4. The molecule has 0 fully saturated rings. The molecule has 134 valence electrons. The molecule has 7 heteroatoms. The number of hydrogen-bond donors (Lipinski definition) is 2. The van der Waals surface area contributed by atoms with Gasteiger partial charge in [0.1, 0.15) is 0 Å². The number of nitrogens with one attached hydrogen (secondary N) is 2. The molecule has 2 aromatic carbocycles. The first-order valence-corrected chi connectivity index (χ1v) is 7.77. The van der Waals surface area contributed by atoms with Gasteiger partial charge in [-0.25, -0.2) is 17.6 Å². The highest BCUT2D eigenvalue weighted by atomic mass is 19.2. The minimum atomic E-state index is -0.921. The fourth-order valence-electron chi connectivity index (χ4n) is 2.32. The molecule has 0 radical (unpaired) electrons. The molecular formula is C18H19F4N3. The minimum Gasteiger partial charge on any atom is -0.356 e. The van der Waals surface area contributed by atoms with E-state index in [1.165, 1.54) is 18.2 Å². The number of guanidine groups is 1. The molecule has 0 aliphatic heterocycles. The van der Waals surface area contributed by atoms with Gasteiger partial charge >= 0.3 is 0 Å². The zero-order valence-electron chi connectivity index (χ0n) is 13.9. The van der Waals surface area contributed by atoms with Crippen LogP contribution >= 0.6 is 0 Å². The monoisotopic (exact) mass is 353 g/mol. The predicted molar refractivity (Wildman–Crippen MR) is 89.3 cm³/mol. The molecule has 25 heavy (non-hydrogen) atoms. The van der Waals surface area contributed by atoms with E-state index in [2.05, 4.69) is 15.6 Å². The number of rotatable bonds is 5. The standard InChI is InChI=1S/C18H19F4N3/c1-11(13-6-7-14(19)16(21)10-13)25-18(23-2)24-9-8-12-4-3-5-15(20)17(12)22/h3-7,10-11H,8-9H2,1-2H3,(H2,23,24,25). The molecule has 0 amide bonds. The smallest absolute Gasteiger partial charge is 0.191 e. The molecule has 0 aliphatic rings. The summed E-state index contributed by atoms with van der Waals surface area (Å²) in [6.45, 7) is 2.09. The van der Waals surface area contributed by atoms with E-state index in [0.29, 0.717) is 18.1 Å². The van der Waals surface area contributed by atoms with Crippen molar-refractivity contribution in [3.05, 3.63) is 70.8 Å². The fraction of sp³-hybridized carbons (Fsp3) is 0.278. The van der Waals surface area contributed by atoms with Gasteiger partial charge in [-0.3, -0.25) is 4.99 Å². The third-order valence-corrected chi connectivity index (χ3v) is 3.74. The lowest BCUT2D eigenvalue weighted by molar-refractivity contribution is 0.498. The third kappa shape index (κ3) is 4.95. The summed E-state index contributed by atoms with van der Waals surface area (Å²) in [5, 5.41) is 6.00. The molecule has 2 rings (SSSR count). The Morgan fingerprint density at radius 3 is 2.48 bits per heavy atom. The highest BCUT2D eigenvalue weighted by Gasteiger charge is 2.11. The Kier molecular flexibility index (Phi) is 6.38. The molecule has 0 saturated carbocycles. The Balaban J connectivity index is 1.92. The van der Waals surface area contributed by atoms with Crippen molar-refractivity contribution in [2.45, 2.75) is 19.4 Å². The SMILES string of the molecule is CN=C(NCCc1cccc(F)c1F)NC(C)c1ccc(F)c(F)c1. The molecule has 1 atom stereocenters. The van der Waals surface area contributed by atoms with E-state index in [4.69, 9.17) is 0 Å². The fourth-order valence-corrected chi connectivity index (χ4v) is 2.32. The Morgan fingerprint density at radius 1 is 1.04 bits per heavy atom. The summed E-state index contributed by atoms with van der Waals surface area (Å²) in [6, 6.07) is 7.36. The maximum atomic E-state index is 13.6. The molecule has 2 aromatic rings. The van der Waals surface area contributed by atoms with Crippen LogP contribution in [0.4, 0.5) is 17.6 Å². The van der Waals surface area contributed by atoms with E-state index >= 15 is 0 Å². The molecule has 0 aromatic heterocycles. The van der Waals surface area contributed by atoms with E-state index in [0.717, 1.165) is 18.2 Å². The lowest BCUT2D eigenvalue weighted by Crippen LogP contribution is -2.39. The van der Waals surface area contributed by atoms with Crippen LogP contribution in [0.15, 0.2) is 41.4 Å². The normalized spacial score (nSPS) is 12.8. The summed E-state index contributed by atoms with van der Waals surface area (Å²) >= 11 is 0. The van der Waals surface area contributed by atoms with Gasteiger partial charge in [0.25, 0.3) is 0 Å². The van der Waals surface area contributed by atoms with Crippen molar-refractivity contribution in [1.82, 2.24) is 10.6 Å². The highest BCUT2D eigenvalue weighted by Crippen LogP contribution is 2.16. The van der Waals surface area contributed by atoms with Gasteiger partial charge in [-0.2, -0.15) is 0 Å². The van der Waals surface area contributed by atoms with Crippen LogP contribution in [-0.4, -0.2) is 19.6 Å². The molecule has 0 saturated heterocycles. The van der Waals surface area contributed by atoms with E-state index in [-0.39, 0.29) is 18.0 Å². The quantitative estimate of drug-likeness (QED) is 0.488. The van der Waals surface area contributed by atoms with Gasteiger partial charge in [0.15, 0.2) is 29.2 Å². The first-order chi connectivity index (χ1) is 11.9. The van der Waals surface area contributed by atoms with Gasteiger partial charge in [-0.05, 0) is 42.7 Å². The van der Waals surface area contributed by atoms with Crippen LogP contribution in [0.2, 0.25) is 0 Å². The van der Waals surface area contributed by atoms with Crippen molar-refractivity contribution in [2.75, 3.05) is 13.6 Å². The lowest BCUT2D eigenvalue weighted by atomic mass is 10.1. The number of aliphatic imine (C=N–C) groups is 1. The van der Waals surface area contributed by atoms with Gasteiger partial charge < -0.3 is 10.6 Å². The minimum absolute atomic E-state index is 0.261. The summed E-state index contributed by atoms with van der Waals surface area (Å²) in [6.07, 6.45) is 0.268. The van der Waals surface area contributed by atoms with Crippen LogP contribution in [-0.2, 0) is 6.42 Å². The van der Waals surface area contributed by atoms with Gasteiger partial charge in [-0.1, -0.05) is 18.2 Å². The number of halogens is 4. The Labute approximate surface area is 143 Å². The average Bonchev–Trinajstić information content (AvgIpc) is 2.59. The topological polar surface area (TPSA) is 36.4 Å². The third-order valence-electron chi connectivity index (χ3n) is 3.74. The second-order valence-electron chi connectivity index (χ2n) is 5.50. The van der Waals surface area contributed by atoms with Gasteiger partial charge in [0, 0.05) is 13.6 Å². The largest absolute Gasteiger partial charge is 0.356 e. The first-order valence-electron chi connectivity index (χ1n) is 7.77. The van der Waals surface area contributed by atoms with E-state index in [9.17, 15) is 17.6 Å². The van der Waals surface area contributed by atoms with E-state index in [1.807, 2.05) is 0 Å². The molecular weight excluding hydrogens is 334 g/mol. The van der Waals surface area contributed by atoms with E-state index in [1.54, 1.807) is 14.0 Å². The van der Waals surface area contributed by atoms with Crippen molar-refractivity contribution in [3.63, 3.8) is 0 Å². The van der Waals surface area contributed by atoms with Crippen LogP contribution < -0.4 is 10.6 Å². The van der Waals surface area contributed by atoms with E-state index < -0.39 is 23.3 Å². The summed E-state index contributed by atoms with van der Waals surface area (Å²) in [5.74, 6) is -3.16. The van der Waals surface area contributed by atoms with Crippen molar-refractivity contribution < 1.29 is 17.6 Å². The summed E-state index contributed by atoms with van der Waals surface area (Å²) in [7, 11) is 1.55. The predicted octanol–water partition coefficient (Wildman–Crippen LogP) is 3.71. The highest BCUT2D eigenvalue weighted by molar-refractivity contribution is 5.80. The van der Waals surface area contributed by atoms with Crippen molar-refractivity contribution >= 4 is 5.96 Å². The zero-order valence-corrected chi connectivity index (χ0v) is 13.9. The number of hydrogen-bond acceptors (Lipinski definition) is 1. The molecule has 0 bridgehead atoms. The molecule has 0 spiro atoms. The number of benzene rings is 2. The molecule has 0 heterocycles. The molecule has 3 nitrogen and oxygen atoms in total. The average molecular weight is 353 g/mol. The van der Waals surface area contributed by atoms with Crippen LogP contribution in [0.3, 0.4) is 0 Å². The summed E-state index contributed by atoms with van der Waals surface area (Å²) < 4.78 is 53.1. The van der Waals surface area contributed by atoms with Crippen LogP contribution in [0.1, 0.15) is 24.1 Å². The van der Waals surface area contributed by atoms with Crippen molar-refractivity contribution in [3.8, 4) is 0 Å². The molecule has 1 unspecified atom stereocenters. The van der Waals surface area contributed by atoms with Crippen LogP contribution in [0, 0.1) is 23.3 Å². The molecule has 0 aliphatic carbocycles. The maximum absolute atomic E-state index is 13.6. The second-order valence-corrected chi connectivity index (χ2v) is 5.50.